The maximum absolute atomic E-state index is 3.44. The van der Waals surface area contributed by atoms with Crippen LogP contribution in [0.1, 0.15) is 26.7 Å². The van der Waals surface area contributed by atoms with Crippen molar-refractivity contribution in [3.8, 4) is 0 Å². The highest BCUT2D eigenvalue weighted by atomic mass is 32.2. The van der Waals surface area contributed by atoms with Crippen LogP contribution in [0.3, 0.4) is 0 Å². The van der Waals surface area contributed by atoms with E-state index < -0.39 is 0 Å². The lowest BCUT2D eigenvalue weighted by molar-refractivity contribution is 0.459. The molecule has 2 heteroatoms. The van der Waals surface area contributed by atoms with Crippen molar-refractivity contribution in [2.24, 2.45) is 5.92 Å². The monoisotopic (exact) mass is 237 g/mol. The fourth-order valence-electron chi connectivity index (χ4n) is 1.66. The Morgan fingerprint density at radius 2 is 1.94 bits per heavy atom. The average molecular weight is 237 g/mol. The molecule has 0 saturated carbocycles. The zero-order valence-electron chi connectivity index (χ0n) is 10.4. The molecule has 16 heavy (non-hydrogen) atoms. The molecule has 0 amide bonds. The molecule has 90 valence electrons. The second kappa shape index (κ2) is 8.66. The largest absolute Gasteiger partial charge is 0.317 e. The van der Waals surface area contributed by atoms with Gasteiger partial charge in [0.15, 0.2) is 0 Å². The van der Waals surface area contributed by atoms with E-state index in [0.29, 0.717) is 0 Å². The van der Waals surface area contributed by atoms with Gasteiger partial charge >= 0.3 is 0 Å². The Bertz CT molecular complexity index is 261. The number of rotatable bonds is 8. The summed E-state index contributed by atoms with van der Waals surface area (Å²) in [6.07, 6.45) is 2.59. The van der Waals surface area contributed by atoms with Crippen LogP contribution in [0.15, 0.2) is 35.2 Å². The van der Waals surface area contributed by atoms with Crippen LogP contribution in [0.5, 0.6) is 0 Å². The molecular formula is C14H23NS. The van der Waals surface area contributed by atoms with Gasteiger partial charge in [-0.15, -0.1) is 11.8 Å². The van der Waals surface area contributed by atoms with E-state index in [4.69, 9.17) is 0 Å². The summed E-state index contributed by atoms with van der Waals surface area (Å²) >= 11 is 1.97. The Kier molecular flexibility index (Phi) is 7.35. The van der Waals surface area contributed by atoms with Gasteiger partial charge in [-0.3, -0.25) is 0 Å². The molecule has 0 aliphatic carbocycles. The highest BCUT2D eigenvalue weighted by Crippen LogP contribution is 2.20. The first kappa shape index (κ1) is 13.6. The maximum Gasteiger partial charge on any atom is 0.00719 e. The molecule has 1 atom stereocenters. The van der Waals surface area contributed by atoms with Gasteiger partial charge in [0.25, 0.3) is 0 Å². The van der Waals surface area contributed by atoms with Crippen LogP contribution in [-0.2, 0) is 0 Å². The van der Waals surface area contributed by atoms with Crippen molar-refractivity contribution < 1.29 is 0 Å². The molecule has 0 heterocycles. The molecule has 1 aromatic rings. The molecule has 0 aliphatic heterocycles. The van der Waals surface area contributed by atoms with Gasteiger partial charge < -0.3 is 5.32 Å². The molecule has 1 aromatic carbocycles. The van der Waals surface area contributed by atoms with Crippen LogP contribution in [0, 0.1) is 5.92 Å². The molecule has 0 aromatic heterocycles. The van der Waals surface area contributed by atoms with Gasteiger partial charge in [-0.1, -0.05) is 38.5 Å². The second-order valence-corrected chi connectivity index (χ2v) is 5.20. The van der Waals surface area contributed by atoms with Crippen LogP contribution < -0.4 is 5.32 Å². The Labute approximate surface area is 104 Å². The Morgan fingerprint density at radius 1 is 1.19 bits per heavy atom. The van der Waals surface area contributed by atoms with Gasteiger partial charge in [-0.25, -0.2) is 0 Å². The highest BCUT2D eigenvalue weighted by molar-refractivity contribution is 7.99. The van der Waals surface area contributed by atoms with Gasteiger partial charge in [-0.05, 0) is 43.3 Å². The fourth-order valence-corrected chi connectivity index (χ4v) is 2.70. The van der Waals surface area contributed by atoms with Crippen molar-refractivity contribution in [3.63, 3.8) is 0 Å². The van der Waals surface area contributed by atoms with E-state index in [9.17, 15) is 0 Å². The van der Waals surface area contributed by atoms with E-state index in [1.54, 1.807) is 0 Å². The van der Waals surface area contributed by atoms with E-state index in [-0.39, 0.29) is 0 Å². The molecule has 0 saturated heterocycles. The number of hydrogen-bond acceptors (Lipinski definition) is 2. The number of thioether (sulfide) groups is 1. The summed E-state index contributed by atoms with van der Waals surface area (Å²) in [4.78, 5) is 1.39. The third-order valence-electron chi connectivity index (χ3n) is 2.80. The lowest BCUT2D eigenvalue weighted by atomic mass is 10.0. The molecule has 0 bridgehead atoms. The van der Waals surface area contributed by atoms with Crippen molar-refractivity contribution in [1.29, 1.82) is 0 Å². The van der Waals surface area contributed by atoms with E-state index in [1.807, 2.05) is 11.8 Å². The molecule has 1 rings (SSSR count). The summed E-state index contributed by atoms with van der Waals surface area (Å²) < 4.78 is 0. The molecule has 1 unspecified atom stereocenters. The predicted octanol–water partition coefficient (Wildman–Crippen LogP) is 3.80. The minimum Gasteiger partial charge on any atom is -0.317 e. The maximum atomic E-state index is 3.44. The molecular weight excluding hydrogens is 214 g/mol. The van der Waals surface area contributed by atoms with Crippen LogP contribution >= 0.6 is 11.8 Å². The minimum absolute atomic E-state index is 0.830. The Balaban J connectivity index is 2.18. The average Bonchev–Trinajstić information content (AvgIpc) is 2.35. The fraction of sp³-hybridized carbons (Fsp3) is 0.571. The first-order valence-corrected chi connectivity index (χ1v) is 7.24. The first-order valence-electron chi connectivity index (χ1n) is 6.25. The molecule has 1 N–H and O–H groups in total. The summed E-state index contributed by atoms with van der Waals surface area (Å²) in [7, 11) is 0. The van der Waals surface area contributed by atoms with Crippen molar-refractivity contribution in [2.75, 3.05) is 18.8 Å². The Hall–Kier alpha value is -0.470. The number of benzene rings is 1. The molecule has 0 fully saturated rings. The highest BCUT2D eigenvalue weighted by Gasteiger charge is 2.05. The van der Waals surface area contributed by atoms with E-state index in [2.05, 4.69) is 49.5 Å². The third-order valence-corrected chi connectivity index (χ3v) is 3.84. The lowest BCUT2D eigenvalue weighted by Crippen LogP contribution is -2.22. The van der Waals surface area contributed by atoms with Gasteiger partial charge in [0.1, 0.15) is 0 Å². The van der Waals surface area contributed by atoms with Gasteiger partial charge in [-0.2, -0.15) is 0 Å². The van der Waals surface area contributed by atoms with Gasteiger partial charge in [0.2, 0.25) is 0 Å². The standard InChI is InChI=1S/C14H23NS/c1-3-13(12-15-4-2)10-11-16-14-8-6-5-7-9-14/h5-9,13,15H,3-4,10-12H2,1-2H3. The van der Waals surface area contributed by atoms with Crippen molar-refractivity contribution in [1.82, 2.24) is 5.32 Å². The van der Waals surface area contributed by atoms with Crippen molar-refractivity contribution >= 4 is 11.8 Å². The summed E-state index contributed by atoms with van der Waals surface area (Å²) in [5.41, 5.74) is 0. The van der Waals surface area contributed by atoms with E-state index in [0.717, 1.165) is 12.5 Å². The van der Waals surface area contributed by atoms with Crippen molar-refractivity contribution in [2.45, 2.75) is 31.6 Å². The smallest absolute Gasteiger partial charge is 0.00719 e. The molecule has 0 spiro atoms. The van der Waals surface area contributed by atoms with Crippen LogP contribution in [-0.4, -0.2) is 18.8 Å². The number of nitrogens with one attached hydrogen (secondary N) is 1. The summed E-state index contributed by atoms with van der Waals surface area (Å²) in [5.74, 6) is 2.06. The van der Waals surface area contributed by atoms with Gasteiger partial charge in [0.05, 0.1) is 0 Å². The SMILES string of the molecule is CCNCC(CC)CCSc1ccccc1. The predicted molar refractivity (Wildman–Crippen MR) is 74.1 cm³/mol. The molecule has 0 radical (unpaired) electrons. The summed E-state index contributed by atoms with van der Waals surface area (Å²) in [5, 5.41) is 3.44. The van der Waals surface area contributed by atoms with E-state index >= 15 is 0 Å². The van der Waals surface area contributed by atoms with E-state index in [1.165, 1.54) is 30.0 Å². The zero-order chi connectivity index (χ0) is 11.6. The zero-order valence-corrected chi connectivity index (χ0v) is 11.2. The van der Waals surface area contributed by atoms with Gasteiger partial charge in [0, 0.05) is 4.90 Å². The molecule has 1 nitrogen and oxygen atoms in total. The van der Waals surface area contributed by atoms with Crippen LogP contribution in [0.2, 0.25) is 0 Å². The Morgan fingerprint density at radius 3 is 2.56 bits per heavy atom. The molecule has 0 aliphatic rings. The summed E-state index contributed by atoms with van der Waals surface area (Å²) in [6.45, 7) is 6.71. The quantitative estimate of drug-likeness (QED) is 0.690. The number of hydrogen-bond donors (Lipinski definition) is 1. The third kappa shape index (κ3) is 5.57. The first-order chi connectivity index (χ1) is 7.86. The van der Waals surface area contributed by atoms with Crippen LogP contribution in [0.4, 0.5) is 0 Å². The lowest BCUT2D eigenvalue weighted by Gasteiger charge is -2.14. The normalized spacial score (nSPS) is 12.6. The summed E-state index contributed by atoms with van der Waals surface area (Å²) in [6, 6.07) is 10.7. The van der Waals surface area contributed by atoms with Crippen molar-refractivity contribution in [3.05, 3.63) is 30.3 Å². The second-order valence-electron chi connectivity index (χ2n) is 4.03. The minimum atomic E-state index is 0.830. The van der Waals surface area contributed by atoms with Crippen LogP contribution in [0.25, 0.3) is 0 Å². The topological polar surface area (TPSA) is 12.0 Å².